The quantitative estimate of drug-likeness (QED) is 0.519. The van der Waals surface area contributed by atoms with Crippen LogP contribution in [0.2, 0.25) is 0 Å². The summed E-state index contributed by atoms with van der Waals surface area (Å²) in [6.45, 7) is 4.34. The highest BCUT2D eigenvalue weighted by Gasteiger charge is 2.23. The molecule has 6 heteroatoms. The molecule has 6 nitrogen and oxygen atoms in total. The summed E-state index contributed by atoms with van der Waals surface area (Å²) in [5.41, 5.74) is 5.68. The highest BCUT2D eigenvalue weighted by molar-refractivity contribution is 5.86. The van der Waals surface area contributed by atoms with Crippen LogP contribution in [0.25, 0.3) is 0 Å². The molecule has 2 atom stereocenters. The number of amides is 1. The van der Waals surface area contributed by atoms with Crippen molar-refractivity contribution in [1.29, 1.82) is 0 Å². The fraction of sp³-hybridized carbons (Fsp3) is 0.833. The zero-order valence-electron chi connectivity index (χ0n) is 11.3. The second-order valence-electron chi connectivity index (χ2n) is 4.77. The smallest absolute Gasteiger partial charge is 0.326 e. The van der Waals surface area contributed by atoms with Crippen LogP contribution in [0.3, 0.4) is 0 Å². The minimum absolute atomic E-state index is 0.191. The molecule has 0 radical (unpaired) electrons. The minimum Gasteiger partial charge on any atom is -0.480 e. The van der Waals surface area contributed by atoms with Crippen LogP contribution in [0.5, 0.6) is 0 Å². The lowest BCUT2D eigenvalue weighted by Gasteiger charge is -2.19. The maximum Gasteiger partial charge on any atom is 0.326 e. The molecular formula is C12H24N2O4. The first-order valence-corrected chi connectivity index (χ1v) is 6.16. The van der Waals surface area contributed by atoms with Gasteiger partial charge in [0.1, 0.15) is 6.04 Å². The van der Waals surface area contributed by atoms with Crippen LogP contribution in [0.15, 0.2) is 0 Å². The van der Waals surface area contributed by atoms with E-state index in [0.717, 1.165) is 0 Å². The molecule has 0 aliphatic rings. The molecule has 0 heterocycles. The van der Waals surface area contributed by atoms with Crippen LogP contribution >= 0.6 is 0 Å². The first-order chi connectivity index (χ1) is 8.38. The van der Waals surface area contributed by atoms with Crippen molar-refractivity contribution in [3.63, 3.8) is 0 Å². The second-order valence-corrected chi connectivity index (χ2v) is 4.77. The van der Waals surface area contributed by atoms with Crippen LogP contribution in [0.1, 0.15) is 33.1 Å². The third-order valence-electron chi connectivity index (χ3n) is 2.52. The molecule has 0 spiro atoms. The molecule has 0 aromatic carbocycles. The van der Waals surface area contributed by atoms with E-state index in [2.05, 4.69) is 5.32 Å². The summed E-state index contributed by atoms with van der Waals surface area (Å²) in [6.07, 6.45) is 1.55. The van der Waals surface area contributed by atoms with E-state index < -0.39 is 24.0 Å². The van der Waals surface area contributed by atoms with Crippen molar-refractivity contribution in [2.75, 3.05) is 13.7 Å². The molecule has 1 amide bonds. The van der Waals surface area contributed by atoms with Gasteiger partial charge < -0.3 is 20.9 Å². The molecule has 0 aliphatic heterocycles. The number of carbonyl (C=O) groups excluding carboxylic acids is 1. The van der Waals surface area contributed by atoms with Crippen molar-refractivity contribution < 1.29 is 19.4 Å². The Morgan fingerprint density at radius 3 is 2.44 bits per heavy atom. The molecule has 0 fully saturated rings. The number of nitrogens with one attached hydrogen (secondary N) is 1. The second kappa shape index (κ2) is 8.88. The molecular weight excluding hydrogens is 236 g/mol. The Hall–Kier alpha value is -1.14. The van der Waals surface area contributed by atoms with E-state index >= 15 is 0 Å². The van der Waals surface area contributed by atoms with Gasteiger partial charge in [0.05, 0.1) is 6.04 Å². The normalized spacial score (nSPS) is 14.3. The van der Waals surface area contributed by atoms with Crippen LogP contribution in [-0.4, -0.2) is 42.8 Å². The Bertz CT molecular complexity index is 269. The van der Waals surface area contributed by atoms with Crippen molar-refractivity contribution in [2.24, 2.45) is 11.7 Å². The topological polar surface area (TPSA) is 102 Å². The van der Waals surface area contributed by atoms with Crippen LogP contribution in [0.4, 0.5) is 0 Å². The number of ether oxygens (including phenoxy) is 1. The van der Waals surface area contributed by atoms with Crippen LogP contribution in [0, 0.1) is 5.92 Å². The van der Waals surface area contributed by atoms with Gasteiger partial charge in [0, 0.05) is 13.7 Å². The Morgan fingerprint density at radius 1 is 1.39 bits per heavy atom. The summed E-state index contributed by atoms with van der Waals surface area (Å²) >= 11 is 0. The van der Waals surface area contributed by atoms with Gasteiger partial charge in [-0.2, -0.15) is 0 Å². The lowest BCUT2D eigenvalue weighted by molar-refractivity contribution is -0.142. The average molecular weight is 260 g/mol. The van der Waals surface area contributed by atoms with Crippen molar-refractivity contribution in [1.82, 2.24) is 5.32 Å². The van der Waals surface area contributed by atoms with Crippen molar-refractivity contribution in [3.05, 3.63) is 0 Å². The zero-order valence-corrected chi connectivity index (χ0v) is 11.3. The Morgan fingerprint density at radius 2 is 2.00 bits per heavy atom. The standard InChI is InChI=1S/C12H24N2O4/c1-8(2)7-10(12(16)17)14-11(15)9(13)5-4-6-18-3/h8-10H,4-7,13H2,1-3H3,(H,14,15)(H,16,17)/t9?,10-/m0/s1. The van der Waals surface area contributed by atoms with Gasteiger partial charge in [-0.25, -0.2) is 4.79 Å². The summed E-state index contributed by atoms with van der Waals surface area (Å²) in [5.74, 6) is -1.25. The third kappa shape index (κ3) is 7.24. The average Bonchev–Trinajstić information content (AvgIpc) is 2.27. The van der Waals surface area contributed by atoms with E-state index in [9.17, 15) is 9.59 Å². The van der Waals surface area contributed by atoms with Gasteiger partial charge in [0.2, 0.25) is 5.91 Å². The number of methoxy groups -OCH3 is 1. The maximum atomic E-state index is 11.7. The number of nitrogens with two attached hydrogens (primary N) is 1. The first kappa shape index (κ1) is 16.9. The molecule has 0 bridgehead atoms. The largest absolute Gasteiger partial charge is 0.480 e. The molecule has 0 aromatic rings. The van der Waals surface area contributed by atoms with E-state index in [1.165, 1.54) is 0 Å². The highest BCUT2D eigenvalue weighted by atomic mass is 16.5. The molecule has 0 aromatic heterocycles. The number of aliphatic carboxylic acids is 1. The minimum atomic E-state index is -1.03. The fourth-order valence-corrected chi connectivity index (χ4v) is 1.55. The predicted octanol–water partition coefficient (Wildman–Crippen LogP) is 0.356. The SMILES string of the molecule is COCCCC(N)C(=O)N[C@@H](CC(C)C)C(=O)O. The van der Waals surface area contributed by atoms with E-state index in [0.29, 0.717) is 25.9 Å². The monoisotopic (exact) mass is 260 g/mol. The Balaban J connectivity index is 4.19. The van der Waals surface area contributed by atoms with Crippen LogP contribution in [-0.2, 0) is 14.3 Å². The molecule has 0 saturated heterocycles. The summed E-state index contributed by atoms with van der Waals surface area (Å²) in [6, 6.07) is -1.56. The fourth-order valence-electron chi connectivity index (χ4n) is 1.55. The summed E-state index contributed by atoms with van der Waals surface area (Å²) in [7, 11) is 1.58. The first-order valence-electron chi connectivity index (χ1n) is 6.16. The summed E-state index contributed by atoms with van der Waals surface area (Å²) in [4.78, 5) is 22.7. The molecule has 0 saturated carbocycles. The number of carbonyl (C=O) groups is 2. The number of rotatable bonds is 9. The predicted molar refractivity (Wildman–Crippen MR) is 68.1 cm³/mol. The van der Waals surface area contributed by atoms with Crippen LogP contribution < -0.4 is 11.1 Å². The van der Waals surface area contributed by atoms with Crippen molar-refractivity contribution in [3.8, 4) is 0 Å². The van der Waals surface area contributed by atoms with E-state index in [-0.39, 0.29) is 5.92 Å². The van der Waals surface area contributed by atoms with Gasteiger partial charge in [-0.05, 0) is 25.2 Å². The van der Waals surface area contributed by atoms with Gasteiger partial charge in [-0.3, -0.25) is 4.79 Å². The Kier molecular flexibility index (Phi) is 8.32. The molecule has 18 heavy (non-hydrogen) atoms. The van der Waals surface area contributed by atoms with Gasteiger partial charge in [-0.1, -0.05) is 13.8 Å². The molecule has 4 N–H and O–H groups in total. The number of hydrogen-bond acceptors (Lipinski definition) is 4. The molecule has 0 rings (SSSR count). The molecule has 1 unspecified atom stereocenters. The highest BCUT2D eigenvalue weighted by Crippen LogP contribution is 2.05. The van der Waals surface area contributed by atoms with Gasteiger partial charge >= 0.3 is 5.97 Å². The van der Waals surface area contributed by atoms with Gasteiger partial charge in [-0.15, -0.1) is 0 Å². The number of hydrogen-bond donors (Lipinski definition) is 3. The van der Waals surface area contributed by atoms with E-state index in [1.807, 2.05) is 13.8 Å². The van der Waals surface area contributed by atoms with Crippen molar-refractivity contribution >= 4 is 11.9 Å². The number of carboxylic acids is 1. The molecule has 0 aliphatic carbocycles. The Labute approximate surface area is 108 Å². The summed E-state index contributed by atoms with van der Waals surface area (Å²) in [5, 5.41) is 11.5. The maximum absolute atomic E-state index is 11.7. The van der Waals surface area contributed by atoms with Gasteiger partial charge in [0.25, 0.3) is 0 Å². The number of carboxylic acid groups (broad SMARTS) is 1. The van der Waals surface area contributed by atoms with Crippen molar-refractivity contribution in [2.45, 2.75) is 45.2 Å². The van der Waals surface area contributed by atoms with E-state index in [4.69, 9.17) is 15.6 Å². The van der Waals surface area contributed by atoms with Gasteiger partial charge in [0.15, 0.2) is 0 Å². The van der Waals surface area contributed by atoms with E-state index in [1.54, 1.807) is 7.11 Å². The summed E-state index contributed by atoms with van der Waals surface area (Å²) < 4.78 is 4.86. The third-order valence-corrected chi connectivity index (χ3v) is 2.52. The zero-order chi connectivity index (χ0) is 14.1. The lowest BCUT2D eigenvalue weighted by atomic mass is 10.0. The lowest BCUT2D eigenvalue weighted by Crippen LogP contribution is -2.48. The molecule has 106 valence electrons.